The third kappa shape index (κ3) is 3.45. The quantitative estimate of drug-likeness (QED) is 0.894. The molecule has 0 bridgehead atoms. The maximum absolute atomic E-state index is 11.6. The van der Waals surface area contributed by atoms with Crippen LogP contribution in [-0.2, 0) is 12.0 Å². The molecule has 1 aliphatic rings. The molecule has 18 heavy (non-hydrogen) atoms. The molecule has 0 atom stereocenters. The van der Waals surface area contributed by atoms with Crippen molar-refractivity contribution < 1.29 is 0 Å². The van der Waals surface area contributed by atoms with Crippen LogP contribution in [0.1, 0.15) is 57.0 Å². The van der Waals surface area contributed by atoms with Crippen molar-refractivity contribution in [1.82, 2.24) is 9.88 Å². The third-order valence-electron chi connectivity index (χ3n) is 3.54. The fraction of sp³-hybridized carbons (Fsp3) is 0.786. The molecular formula is C14H24N2OS. The SMILES string of the molecule is CC(C)(C)c1[nH]c(=O)sc1CN1CCCCCC1. The van der Waals surface area contributed by atoms with Crippen LogP contribution in [0.4, 0.5) is 0 Å². The van der Waals surface area contributed by atoms with Crippen LogP contribution >= 0.6 is 11.3 Å². The highest BCUT2D eigenvalue weighted by Gasteiger charge is 2.23. The summed E-state index contributed by atoms with van der Waals surface area (Å²) in [6.07, 6.45) is 5.30. The van der Waals surface area contributed by atoms with Gasteiger partial charge in [-0.25, -0.2) is 0 Å². The zero-order chi connectivity index (χ0) is 13.2. The normalized spacial score (nSPS) is 18.8. The first kappa shape index (κ1) is 13.8. The maximum atomic E-state index is 11.6. The molecule has 1 aromatic rings. The van der Waals surface area contributed by atoms with Gasteiger partial charge in [0.15, 0.2) is 0 Å². The molecule has 0 saturated carbocycles. The molecule has 4 heteroatoms. The Kier molecular flexibility index (Phi) is 4.28. The number of thiazole rings is 1. The number of H-pyrrole nitrogens is 1. The van der Waals surface area contributed by atoms with E-state index in [9.17, 15) is 4.79 Å². The summed E-state index contributed by atoms with van der Waals surface area (Å²) in [6.45, 7) is 9.78. The number of likely N-dealkylation sites (tertiary alicyclic amines) is 1. The van der Waals surface area contributed by atoms with E-state index in [0.717, 1.165) is 12.2 Å². The summed E-state index contributed by atoms with van der Waals surface area (Å²) in [6, 6.07) is 0. The summed E-state index contributed by atoms with van der Waals surface area (Å²) in [5, 5.41) is 0. The van der Waals surface area contributed by atoms with Gasteiger partial charge >= 0.3 is 4.87 Å². The van der Waals surface area contributed by atoms with Crippen LogP contribution in [0.15, 0.2) is 4.79 Å². The second kappa shape index (κ2) is 5.57. The van der Waals surface area contributed by atoms with E-state index in [1.54, 1.807) is 0 Å². The van der Waals surface area contributed by atoms with Crippen LogP contribution in [0.3, 0.4) is 0 Å². The molecule has 1 saturated heterocycles. The molecule has 0 radical (unpaired) electrons. The Morgan fingerprint density at radius 1 is 1.17 bits per heavy atom. The zero-order valence-electron chi connectivity index (χ0n) is 11.7. The maximum Gasteiger partial charge on any atom is 0.305 e. The van der Waals surface area contributed by atoms with Crippen LogP contribution < -0.4 is 4.87 Å². The Hall–Kier alpha value is -0.610. The number of hydrogen-bond donors (Lipinski definition) is 1. The molecule has 3 nitrogen and oxygen atoms in total. The van der Waals surface area contributed by atoms with E-state index < -0.39 is 0 Å². The number of nitrogens with one attached hydrogen (secondary N) is 1. The zero-order valence-corrected chi connectivity index (χ0v) is 12.5. The van der Waals surface area contributed by atoms with E-state index in [4.69, 9.17) is 0 Å². The Labute approximate surface area is 113 Å². The highest BCUT2D eigenvalue weighted by atomic mass is 32.1. The summed E-state index contributed by atoms with van der Waals surface area (Å²) in [5.41, 5.74) is 1.15. The average Bonchev–Trinajstić information content (AvgIpc) is 2.49. The number of rotatable bonds is 2. The monoisotopic (exact) mass is 268 g/mol. The van der Waals surface area contributed by atoms with Gasteiger partial charge in [0.25, 0.3) is 0 Å². The van der Waals surface area contributed by atoms with Crippen molar-refractivity contribution in [2.45, 2.75) is 58.4 Å². The van der Waals surface area contributed by atoms with Crippen LogP contribution in [0.5, 0.6) is 0 Å². The van der Waals surface area contributed by atoms with Crippen molar-refractivity contribution >= 4 is 11.3 Å². The van der Waals surface area contributed by atoms with Crippen molar-refractivity contribution in [2.24, 2.45) is 0 Å². The molecule has 0 amide bonds. The van der Waals surface area contributed by atoms with Crippen molar-refractivity contribution in [1.29, 1.82) is 0 Å². The lowest BCUT2D eigenvalue weighted by atomic mass is 9.91. The molecular weight excluding hydrogens is 244 g/mol. The first-order valence-electron chi connectivity index (χ1n) is 6.91. The van der Waals surface area contributed by atoms with E-state index in [-0.39, 0.29) is 10.3 Å². The van der Waals surface area contributed by atoms with E-state index >= 15 is 0 Å². The number of aromatic amines is 1. The van der Waals surface area contributed by atoms with Gasteiger partial charge < -0.3 is 4.98 Å². The molecule has 1 aromatic heterocycles. The molecule has 1 N–H and O–H groups in total. The van der Waals surface area contributed by atoms with Crippen LogP contribution in [0, 0.1) is 0 Å². The van der Waals surface area contributed by atoms with E-state index in [1.807, 2.05) is 0 Å². The summed E-state index contributed by atoms with van der Waals surface area (Å²) < 4.78 is 0. The predicted molar refractivity (Wildman–Crippen MR) is 77.4 cm³/mol. The predicted octanol–water partition coefficient (Wildman–Crippen LogP) is 3.11. The minimum Gasteiger partial charge on any atom is -0.316 e. The Bertz CT molecular complexity index is 433. The molecule has 1 fully saturated rings. The first-order chi connectivity index (χ1) is 8.47. The van der Waals surface area contributed by atoms with Crippen molar-refractivity contribution in [2.75, 3.05) is 13.1 Å². The van der Waals surface area contributed by atoms with Gasteiger partial charge in [-0.2, -0.15) is 0 Å². The van der Waals surface area contributed by atoms with Crippen molar-refractivity contribution in [3.05, 3.63) is 20.2 Å². The van der Waals surface area contributed by atoms with Gasteiger partial charge in [-0.15, -0.1) is 0 Å². The second-order valence-corrected chi connectivity index (χ2v) is 7.32. The van der Waals surface area contributed by atoms with Crippen LogP contribution in [0.25, 0.3) is 0 Å². The van der Waals surface area contributed by atoms with Gasteiger partial charge in [-0.1, -0.05) is 44.9 Å². The lowest BCUT2D eigenvalue weighted by molar-refractivity contribution is 0.277. The van der Waals surface area contributed by atoms with E-state index in [1.165, 1.54) is 55.0 Å². The minimum absolute atomic E-state index is 0.0281. The van der Waals surface area contributed by atoms with Gasteiger partial charge in [0.2, 0.25) is 0 Å². The summed E-state index contributed by atoms with van der Waals surface area (Å²) in [4.78, 5) is 18.5. The topological polar surface area (TPSA) is 36.1 Å². The van der Waals surface area contributed by atoms with E-state index in [2.05, 4.69) is 30.7 Å². The summed E-state index contributed by atoms with van der Waals surface area (Å²) in [7, 11) is 0. The van der Waals surface area contributed by atoms with Crippen molar-refractivity contribution in [3.63, 3.8) is 0 Å². The molecule has 0 aliphatic carbocycles. The number of nitrogens with zero attached hydrogens (tertiary/aromatic N) is 1. The molecule has 0 spiro atoms. The van der Waals surface area contributed by atoms with Gasteiger partial charge in [0, 0.05) is 22.5 Å². The van der Waals surface area contributed by atoms with Gasteiger partial charge in [0.1, 0.15) is 0 Å². The van der Waals surface area contributed by atoms with Crippen LogP contribution in [0.2, 0.25) is 0 Å². The van der Waals surface area contributed by atoms with Gasteiger partial charge in [-0.05, 0) is 25.9 Å². The largest absolute Gasteiger partial charge is 0.316 e. The van der Waals surface area contributed by atoms with Gasteiger partial charge in [-0.3, -0.25) is 9.69 Å². The summed E-state index contributed by atoms with van der Waals surface area (Å²) >= 11 is 1.39. The third-order valence-corrected chi connectivity index (χ3v) is 4.40. The Morgan fingerprint density at radius 3 is 2.33 bits per heavy atom. The second-order valence-electron chi connectivity index (χ2n) is 6.25. The molecule has 0 unspecified atom stereocenters. The highest BCUT2D eigenvalue weighted by Crippen LogP contribution is 2.26. The Balaban J connectivity index is 2.15. The molecule has 2 heterocycles. The lowest BCUT2D eigenvalue weighted by Gasteiger charge is -2.23. The smallest absolute Gasteiger partial charge is 0.305 e. The highest BCUT2D eigenvalue weighted by molar-refractivity contribution is 7.09. The van der Waals surface area contributed by atoms with Crippen LogP contribution in [-0.4, -0.2) is 23.0 Å². The number of aromatic nitrogens is 1. The molecule has 1 aliphatic heterocycles. The Morgan fingerprint density at radius 2 is 1.78 bits per heavy atom. The van der Waals surface area contributed by atoms with E-state index in [0.29, 0.717) is 0 Å². The molecule has 0 aromatic carbocycles. The minimum atomic E-state index is 0.0281. The first-order valence-corrected chi connectivity index (χ1v) is 7.73. The summed E-state index contributed by atoms with van der Waals surface area (Å²) in [5.74, 6) is 0. The standard InChI is InChI=1S/C14H24N2OS/c1-14(2,3)12-11(18-13(17)15-12)10-16-8-6-4-5-7-9-16/h4-10H2,1-3H3,(H,15,17). The molecule has 2 rings (SSSR count). The fourth-order valence-electron chi connectivity index (χ4n) is 2.57. The molecule has 102 valence electrons. The fourth-order valence-corrected chi connectivity index (χ4v) is 3.66. The van der Waals surface area contributed by atoms with Gasteiger partial charge in [0.05, 0.1) is 0 Å². The lowest BCUT2D eigenvalue weighted by Crippen LogP contribution is -2.25. The number of hydrogen-bond acceptors (Lipinski definition) is 3. The average molecular weight is 268 g/mol. The van der Waals surface area contributed by atoms with Crippen molar-refractivity contribution in [3.8, 4) is 0 Å².